The number of piperazine rings is 1. The maximum atomic E-state index is 13.4. The Morgan fingerprint density at radius 1 is 1.07 bits per heavy atom. The van der Waals surface area contributed by atoms with Gasteiger partial charge in [0.1, 0.15) is 11.9 Å². The number of hydrogen-bond donors (Lipinski definition) is 1. The van der Waals surface area contributed by atoms with Crippen LogP contribution in [0, 0.1) is 12.7 Å². The highest BCUT2D eigenvalue weighted by Gasteiger charge is 2.33. The molecule has 1 atom stereocenters. The van der Waals surface area contributed by atoms with Gasteiger partial charge in [-0.25, -0.2) is 4.39 Å². The van der Waals surface area contributed by atoms with E-state index in [0.29, 0.717) is 6.04 Å². The second kappa shape index (κ2) is 8.41. The Hall–Kier alpha value is -2.24. The molecule has 0 aromatic heterocycles. The predicted molar refractivity (Wildman–Crippen MR) is 108 cm³/mol. The smallest absolute Gasteiger partial charge is 0.242 e. The monoisotopic (exact) mass is 381 g/mol. The van der Waals surface area contributed by atoms with Crippen molar-refractivity contribution >= 4 is 5.91 Å². The lowest BCUT2D eigenvalue weighted by atomic mass is 10.0. The van der Waals surface area contributed by atoms with Crippen molar-refractivity contribution in [3.05, 3.63) is 71.0 Å². The van der Waals surface area contributed by atoms with Crippen molar-refractivity contribution in [3.63, 3.8) is 0 Å². The molecule has 1 saturated carbocycles. The number of benzene rings is 2. The first kappa shape index (κ1) is 19.1. The molecule has 148 valence electrons. The highest BCUT2D eigenvalue weighted by molar-refractivity contribution is 5.83. The van der Waals surface area contributed by atoms with E-state index in [1.807, 2.05) is 0 Å². The summed E-state index contributed by atoms with van der Waals surface area (Å²) in [4.78, 5) is 17.6. The third-order valence-electron chi connectivity index (χ3n) is 5.79. The summed E-state index contributed by atoms with van der Waals surface area (Å²) in [5.41, 5.74) is 3.54. The third-order valence-corrected chi connectivity index (χ3v) is 5.79. The molecule has 4 rings (SSSR count). The van der Waals surface area contributed by atoms with Gasteiger partial charge in [-0.1, -0.05) is 36.4 Å². The molecule has 1 amide bonds. The summed E-state index contributed by atoms with van der Waals surface area (Å²) >= 11 is 0. The average Bonchev–Trinajstić information content (AvgIpc) is 3.51. The van der Waals surface area contributed by atoms with Gasteiger partial charge < -0.3 is 5.32 Å². The van der Waals surface area contributed by atoms with E-state index < -0.39 is 0 Å². The quantitative estimate of drug-likeness (QED) is 0.834. The Balaban J connectivity index is 1.43. The molecule has 1 aliphatic heterocycles. The molecule has 2 aromatic carbocycles. The number of nitrogens with zero attached hydrogens (tertiary/aromatic N) is 2. The van der Waals surface area contributed by atoms with Crippen LogP contribution in [-0.2, 0) is 11.3 Å². The molecule has 1 saturated heterocycles. The highest BCUT2D eigenvalue weighted by Crippen LogP contribution is 2.26. The fraction of sp³-hybridized carbons (Fsp3) is 0.435. The Bertz CT molecular complexity index is 811. The topological polar surface area (TPSA) is 35.6 Å². The fourth-order valence-electron chi connectivity index (χ4n) is 3.89. The summed E-state index contributed by atoms with van der Waals surface area (Å²) in [5, 5.41) is 3.13. The minimum Gasteiger partial charge on any atom is -0.352 e. The first-order valence-corrected chi connectivity index (χ1v) is 10.2. The van der Waals surface area contributed by atoms with Gasteiger partial charge in [-0.2, -0.15) is 0 Å². The zero-order chi connectivity index (χ0) is 19.5. The van der Waals surface area contributed by atoms with Gasteiger partial charge in [0.2, 0.25) is 5.91 Å². The van der Waals surface area contributed by atoms with E-state index in [9.17, 15) is 9.18 Å². The standard InChI is InChI=1S/C23H28FN3O/c1-17-4-2-3-5-19(17)16-26-12-14-27(15-13-26)22(23(28)25-21-10-11-21)18-6-8-20(24)9-7-18/h2-9,21-22H,10-16H2,1H3,(H,25,28). The number of nitrogens with one attached hydrogen (secondary N) is 1. The largest absolute Gasteiger partial charge is 0.352 e. The molecule has 1 unspecified atom stereocenters. The number of carbonyl (C=O) groups excluding carboxylic acids is 1. The number of rotatable bonds is 6. The first-order chi connectivity index (χ1) is 13.6. The van der Waals surface area contributed by atoms with Crippen LogP contribution in [0.15, 0.2) is 48.5 Å². The van der Waals surface area contributed by atoms with Crippen molar-refractivity contribution in [1.29, 1.82) is 0 Å². The van der Waals surface area contributed by atoms with E-state index in [-0.39, 0.29) is 17.8 Å². The zero-order valence-electron chi connectivity index (χ0n) is 16.4. The summed E-state index contributed by atoms with van der Waals surface area (Å²) in [6, 6.07) is 14.8. The first-order valence-electron chi connectivity index (χ1n) is 10.2. The predicted octanol–water partition coefficient (Wildman–Crippen LogP) is 3.27. The van der Waals surface area contributed by atoms with E-state index in [1.54, 1.807) is 12.1 Å². The molecule has 0 bridgehead atoms. The van der Waals surface area contributed by atoms with Gasteiger partial charge in [0.25, 0.3) is 0 Å². The summed E-state index contributed by atoms with van der Waals surface area (Å²) in [7, 11) is 0. The summed E-state index contributed by atoms with van der Waals surface area (Å²) in [6.45, 7) is 6.58. The molecule has 4 nitrogen and oxygen atoms in total. The molecule has 1 aliphatic carbocycles. The number of amides is 1. The van der Waals surface area contributed by atoms with E-state index in [2.05, 4.69) is 46.3 Å². The van der Waals surface area contributed by atoms with Crippen LogP contribution in [0.1, 0.15) is 35.6 Å². The van der Waals surface area contributed by atoms with Crippen LogP contribution in [0.25, 0.3) is 0 Å². The molecule has 1 N–H and O–H groups in total. The van der Waals surface area contributed by atoms with Crippen LogP contribution in [0.5, 0.6) is 0 Å². The molecule has 2 aliphatic rings. The SMILES string of the molecule is Cc1ccccc1CN1CCN(C(C(=O)NC2CC2)c2ccc(F)cc2)CC1. The molecular formula is C23H28FN3O. The van der Waals surface area contributed by atoms with Gasteiger partial charge in [-0.3, -0.25) is 14.6 Å². The van der Waals surface area contributed by atoms with E-state index in [0.717, 1.165) is 51.1 Å². The average molecular weight is 381 g/mol. The number of carbonyl (C=O) groups is 1. The third kappa shape index (κ3) is 4.59. The molecule has 28 heavy (non-hydrogen) atoms. The van der Waals surface area contributed by atoms with Crippen LogP contribution in [0.3, 0.4) is 0 Å². The second-order valence-electron chi connectivity index (χ2n) is 7.98. The van der Waals surface area contributed by atoms with Crippen molar-refractivity contribution in [2.45, 2.75) is 38.4 Å². The van der Waals surface area contributed by atoms with Crippen molar-refractivity contribution < 1.29 is 9.18 Å². The van der Waals surface area contributed by atoms with Crippen LogP contribution >= 0.6 is 0 Å². The molecule has 0 spiro atoms. The molecule has 2 aromatic rings. The minimum atomic E-state index is -0.346. The van der Waals surface area contributed by atoms with E-state index in [4.69, 9.17) is 0 Å². The molecule has 0 radical (unpaired) electrons. The molecule has 2 fully saturated rings. The van der Waals surface area contributed by atoms with Crippen LogP contribution < -0.4 is 5.32 Å². The van der Waals surface area contributed by atoms with Gasteiger partial charge in [0, 0.05) is 38.8 Å². The zero-order valence-corrected chi connectivity index (χ0v) is 16.4. The van der Waals surface area contributed by atoms with Gasteiger partial charge in [-0.05, 0) is 48.6 Å². The van der Waals surface area contributed by atoms with Gasteiger partial charge >= 0.3 is 0 Å². The van der Waals surface area contributed by atoms with Crippen molar-refractivity contribution in [2.75, 3.05) is 26.2 Å². The maximum absolute atomic E-state index is 13.4. The lowest BCUT2D eigenvalue weighted by Gasteiger charge is -2.39. The van der Waals surface area contributed by atoms with E-state index in [1.165, 1.54) is 23.3 Å². The normalized spacial score (nSPS) is 19.4. The lowest BCUT2D eigenvalue weighted by Crippen LogP contribution is -2.51. The Morgan fingerprint density at radius 3 is 2.39 bits per heavy atom. The van der Waals surface area contributed by atoms with E-state index >= 15 is 0 Å². The van der Waals surface area contributed by atoms with Crippen LogP contribution in [-0.4, -0.2) is 47.9 Å². The van der Waals surface area contributed by atoms with Gasteiger partial charge in [0.05, 0.1) is 0 Å². The number of halogens is 1. The molecular weight excluding hydrogens is 353 g/mol. The Morgan fingerprint density at radius 2 is 1.75 bits per heavy atom. The summed E-state index contributed by atoms with van der Waals surface area (Å²) in [6.07, 6.45) is 2.12. The highest BCUT2D eigenvalue weighted by atomic mass is 19.1. The Kier molecular flexibility index (Phi) is 5.74. The van der Waals surface area contributed by atoms with Crippen molar-refractivity contribution in [1.82, 2.24) is 15.1 Å². The van der Waals surface area contributed by atoms with Gasteiger partial charge in [0.15, 0.2) is 0 Å². The molecule has 1 heterocycles. The maximum Gasteiger partial charge on any atom is 0.242 e. The van der Waals surface area contributed by atoms with Crippen LogP contribution in [0.4, 0.5) is 4.39 Å². The second-order valence-corrected chi connectivity index (χ2v) is 7.98. The van der Waals surface area contributed by atoms with Crippen molar-refractivity contribution in [3.8, 4) is 0 Å². The van der Waals surface area contributed by atoms with Crippen LogP contribution in [0.2, 0.25) is 0 Å². The minimum absolute atomic E-state index is 0.0430. The number of aryl methyl sites for hydroxylation is 1. The summed E-state index contributed by atoms with van der Waals surface area (Å²) < 4.78 is 13.4. The van der Waals surface area contributed by atoms with Gasteiger partial charge in [-0.15, -0.1) is 0 Å². The number of hydrogen-bond acceptors (Lipinski definition) is 3. The summed E-state index contributed by atoms with van der Waals surface area (Å²) in [5.74, 6) is -0.227. The van der Waals surface area contributed by atoms with Crippen molar-refractivity contribution in [2.24, 2.45) is 0 Å². The Labute approximate surface area is 166 Å². The molecule has 5 heteroatoms. The lowest BCUT2D eigenvalue weighted by molar-refractivity contribution is -0.127. The fourth-order valence-corrected chi connectivity index (χ4v) is 3.89.